The normalized spacial score (nSPS) is 22.9. The topological polar surface area (TPSA) is 32.3 Å². The van der Waals surface area contributed by atoms with Crippen LogP contribution in [0.1, 0.15) is 30.9 Å². The minimum absolute atomic E-state index is 0.349. The minimum Gasteiger partial charge on any atom is -0.388 e. The van der Waals surface area contributed by atoms with Crippen molar-refractivity contribution in [1.29, 1.82) is 0 Å². The maximum atomic E-state index is 10.0. The van der Waals surface area contributed by atoms with Gasteiger partial charge in [0.05, 0.1) is 6.10 Å². The van der Waals surface area contributed by atoms with E-state index in [4.69, 9.17) is 0 Å². The third kappa shape index (κ3) is 3.03. The monoisotopic (exact) mass is 269 g/mol. The quantitative estimate of drug-likeness (QED) is 0.885. The fraction of sp³-hybridized carbons (Fsp3) is 0.500. The summed E-state index contributed by atoms with van der Waals surface area (Å²) < 4.78 is 1.03. The number of hydrogen-bond acceptors (Lipinski definition) is 2. The summed E-state index contributed by atoms with van der Waals surface area (Å²) in [6, 6.07) is 8.39. The predicted molar refractivity (Wildman–Crippen MR) is 64.7 cm³/mol. The van der Waals surface area contributed by atoms with Gasteiger partial charge in [0.15, 0.2) is 0 Å². The van der Waals surface area contributed by atoms with Crippen molar-refractivity contribution < 1.29 is 5.11 Å². The third-order valence-corrected chi connectivity index (χ3v) is 3.40. The summed E-state index contributed by atoms with van der Waals surface area (Å²) in [7, 11) is 0. The van der Waals surface area contributed by atoms with Crippen molar-refractivity contribution in [3.8, 4) is 0 Å². The highest BCUT2D eigenvalue weighted by Crippen LogP contribution is 2.24. The summed E-state index contributed by atoms with van der Waals surface area (Å²) >= 11 is 3.42. The Balaban J connectivity index is 1.97. The van der Waals surface area contributed by atoms with E-state index >= 15 is 0 Å². The Labute approximate surface area is 98.8 Å². The Morgan fingerprint density at radius 3 is 3.07 bits per heavy atom. The number of nitrogens with one attached hydrogen (secondary N) is 1. The molecule has 1 aliphatic rings. The molecular formula is C12H16BrNO. The molecule has 2 N–H and O–H groups in total. The smallest absolute Gasteiger partial charge is 0.0805 e. The van der Waals surface area contributed by atoms with Gasteiger partial charge in [0.25, 0.3) is 0 Å². The molecular weight excluding hydrogens is 254 g/mol. The molecule has 0 aromatic heterocycles. The average molecular weight is 270 g/mol. The molecule has 1 saturated heterocycles. The lowest BCUT2D eigenvalue weighted by molar-refractivity contribution is 0.154. The van der Waals surface area contributed by atoms with Crippen LogP contribution >= 0.6 is 15.9 Å². The first kappa shape index (κ1) is 11.1. The Morgan fingerprint density at radius 1 is 1.53 bits per heavy atom. The standard InChI is InChI=1S/C12H16BrNO/c13-10-4-1-3-9(7-10)12(15)8-11-5-2-6-14-11/h1,3-4,7,11-12,14-15H,2,5-6,8H2. The summed E-state index contributed by atoms with van der Waals surface area (Å²) in [4.78, 5) is 0. The van der Waals surface area contributed by atoms with Crippen molar-refractivity contribution in [3.63, 3.8) is 0 Å². The number of hydrogen-bond donors (Lipinski definition) is 2. The molecule has 15 heavy (non-hydrogen) atoms. The van der Waals surface area contributed by atoms with Crippen LogP contribution in [-0.4, -0.2) is 17.7 Å². The molecule has 2 atom stereocenters. The Kier molecular flexibility index (Phi) is 3.78. The highest BCUT2D eigenvalue weighted by atomic mass is 79.9. The van der Waals surface area contributed by atoms with Gasteiger partial charge >= 0.3 is 0 Å². The number of halogens is 1. The second-order valence-corrected chi connectivity index (χ2v) is 5.02. The highest BCUT2D eigenvalue weighted by molar-refractivity contribution is 9.10. The SMILES string of the molecule is OC(CC1CCCN1)c1cccc(Br)c1. The molecule has 0 saturated carbocycles. The first-order valence-electron chi connectivity index (χ1n) is 5.42. The number of benzene rings is 1. The van der Waals surface area contributed by atoms with Crippen LogP contribution in [0, 0.1) is 0 Å². The van der Waals surface area contributed by atoms with Crippen LogP contribution in [0.5, 0.6) is 0 Å². The maximum Gasteiger partial charge on any atom is 0.0805 e. The fourth-order valence-electron chi connectivity index (χ4n) is 2.08. The zero-order valence-corrected chi connectivity index (χ0v) is 10.2. The molecule has 82 valence electrons. The zero-order chi connectivity index (χ0) is 10.7. The fourth-order valence-corrected chi connectivity index (χ4v) is 2.49. The highest BCUT2D eigenvalue weighted by Gasteiger charge is 2.18. The van der Waals surface area contributed by atoms with E-state index in [0.29, 0.717) is 6.04 Å². The maximum absolute atomic E-state index is 10.0. The number of rotatable bonds is 3. The first-order chi connectivity index (χ1) is 7.25. The second-order valence-electron chi connectivity index (χ2n) is 4.10. The average Bonchev–Trinajstić information content (AvgIpc) is 2.70. The van der Waals surface area contributed by atoms with Crippen molar-refractivity contribution in [1.82, 2.24) is 5.32 Å². The molecule has 1 aliphatic heterocycles. The van der Waals surface area contributed by atoms with Gasteiger partial charge < -0.3 is 10.4 Å². The summed E-state index contributed by atoms with van der Waals surface area (Å²) in [5, 5.41) is 13.4. The van der Waals surface area contributed by atoms with Gasteiger partial charge in [-0.1, -0.05) is 28.1 Å². The molecule has 1 aromatic rings. The zero-order valence-electron chi connectivity index (χ0n) is 8.62. The second kappa shape index (κ2) is 5.10. The molecule has 0 amide bonds. The van der Waals surface area contributed by atoms with Crippen LogP contribution in [0.3, 0.4) is 0 Å². The van der Waals surface area contributed by atoms with Gasteiger partial charge in [-0.2, -0.15) is 0 Å². The number of aliphatic hydroxyl groups excluding tert-OH is 1. The van der Waals surface area contributed by atoms with E-state index in [1.807, 2.05) is 24.3 Å². The molecule has 2 rings (SSSR count). The minimum atomic E-state index is -0.349. The van der Waals surface area contributed by atoms with Crippen LogP contribution in [0.2, 0.25) is 0 Å². The largest absolute Gasteiger partial charge is 0.388 e. The van der Waals surface area contributed by atoms with Gasteiger partial charge in [0, 0.05) is 10.5 Å². The molecule has 0 radical (unpaired) electrons. The summed E-state index contributed by atoms with van der Waals surface area (Å²) in [6.07, 6.45) is 2.88. The molecule has 1 fully saturated rings. The molecule has 2 nitrogen and oxygen atoms in total. The molecule has 3 heteroatoms. The van der Waals surface area contributed by atoms with Gasteiger partial charge in [0.1, 0.15) is 0 Å². The van der Waals surface area contributed by atoms with E-state index < -0.39 is 0 Å². The van der Waals surface area contributed by atoms with Crippen molar-refractivity contribution in [2.75, 3.05) is 6.54 Å². The van der Waals surface area contributed by atoms with Crippen LogP contribution in [0.25, 0.3) is 0 Å². The molecule has 2 unspecified atom stereocenters. The molecule has 1 heterocycles. The lowest BCUT2D eigenvalue weighted by atomic mass is 10.0. The van der Waals surface area contributed by atoms with E-state index in [-0.39, 0.29) is 6.10 Å². The van der Waals surface area contributed by atoms with E-state index in [2.05, 4.69) is 21.2 Å². The molecule has 0 aliphatic carbocycles. The van der Waals surface area contributed by atoms with E-state index in [1.165, 1.54) is 12.8 Å². The van der Waals surface area contributed by atoms with Crippen molar-refractivity contribution in [3.05, 3.63) is 34.3 Å². The Morgan fingerprint density at radius 2 is 2.40 bits per heavy atom. The first-order valence-corrected chi connectivity index (χ1v) is 6.22. The van der Waals surface area contributed by atoms with Crippen molar-refractivity contribution in [2.45, 2.75) is 31.4 Å². The van der Waals surface area contributed by atoms with Crippen LogP contribution in [-0.2, 0) is 0 Å². The van der Waals surface area contributed by atoms with Crippen LogP contribution in [0.4, 0.5) is 0 Å². The van der Waals surface area contributed by atoms with Gasteiger partial charge in [-0.05, 0) is 43.5 Å². The third-order valence-electron chi connectivity index (χ3n) is 2.90. The van der Waals surface area contributed by atoms with Crippen LogP contribution < -0.4 is 5.32 Å². The Bertz CT molecular complexity index is 323. The van der Waals surface area contributed by atoms with Crippen molar-refractivity contribution >= 4 is 15.9 Å². The van der Waals surface area contributed by atoms with E-state index in [0.717, 1.165) is 23.0 Å². The number of aliphatic hydroxyl groups is 1. The van der Waals surface area contributed by atoms with E-state index in [1.54, 1.807) is 0 Å². The summed E-state index contributed by atoms with van der Waals surface area (Å²) in [5.74, 6) is 0. The lowest BCUT2D eigenvalue weighted by Crippen LogP contribution is -2.23. The van der Waals surface area contributed by atoms with Gasteiger partial charge in [-0.25, -0.2) is 0 Å². The van der Waals surface area contributed by atoms with Gasteiger partial charge in [0.2, 0.25) is 0 Å². The molecule has 0 bridgehead atoms. The van der Waals surface area contributed by atoms with Gasteiger partial charge in [-0.15, -0.1) is 0 Å². The lowest BCUT2D eigenvalue weighted by Gasteiger charge is -2.16. The van der Waals surface area contributed by atoms with Gasteiger partial charge in [-0.3, -0.25) is 0 Å². The Hall–Kier alpha value is -0.380. The van der Waals surface area contributed by atoms with Crippen molar-refractivity contribution in [2.24, 2.45) is 0 Å². The summed E-state index contributed by atoms with van der Waals surface area (Å²) in [6.45, 7) is 1.09. The molecule has 0 spiro atoms. The van der Waals surface area contributed by atoms with E-state index in [9.17, 15) is 5.11 Å². The molecule has 1 aromatic carbocycles. The summed E-state index contributed by atoms with van der Waals surface area (Å²) in [5.41, 5.74) is 0.998. The predicted octanol–water partition coefficient (Wildman–Crippen LogP) is 2.62. The van der Waals surface area contributed by atoms with Crippen LogP contribution in [0.15, 0.2) is 28.7 Å².